The zero-order chi connectivity index (χ0) is 21.4. The molecule has 0 spiro atoms. The number of benzene rings is 2. The number of hydrogen-bond acceptors (Lipinski definition) is 5. The van der Waals surface area contributed by atoms with Crippen LogP contribution >= 0.6 is 34.7 Å². The van der Waals surface area contributed by atoms with Gasteiger partial charge in [-0.05, 0) is 72.9 Å². The van der Waals surface area contributed by atoms with Crippen LogP contribution in [0.5, 0.6) is 5.75 Å². The predicted octanol–water partition coefficient (Wildman–Crippen LogP) is 6.43. The zero-order valence-electron chi connectivity index (χ0n) is 16.8. The zero-order valence-corrected chi connectivity index (χ0v) is 19.2. The Morgan fingerprint density at radius 2 is 1.94 bits per heavy atom. The Bertz CT molecular complexity index is 1340. The molecule has 31 heavy (non-hydrogen) atoms. The molecular formula is C24H19ClN2O2S2. The van der Waals surface area contributed by atoms with Crippen LogP contribution in [-0.2, 0) is 12.8 Å². The third-order valence-corrected chi connectivity index (χ3v) is 7.74. The highest BCUT2D eigenvalue weighted by Crippen LogP contribution is 2.38. The van der Waals surface area contributed by atoms with E-state index in [2.05, 4.69) is 4.98 Å². The average molecular weight is 467 g/mol. The standard InChI is InChI=1S/C24H19ClN2O2S2/c1-29-16-9-5-14(6-10-16)13-20(30-17-11-7-15(25)8-12-17)22-26-23(28)21-18-3-2-4-19(18)31-24(21)27-22/h5-13H,2-4H2,1H3,(H,26,27,28)/b20-13-. The van der Waals surface area contributed by atoms with Gasteiger partial charge in [0, 0.05) is 14.8 Å². The van der Waals surface area contributed by atoms with E-state index in [1.165, 1.54) is 10.4 Å². The predicted molar refractivity (Wildman–Crippen MR) is 130 cm³/mol. The van der Waals surface area contributed by atoms with Crippen LogP contribution in [0.2, 0.25) is 5.02 Å². The first-order valence-corrected chi connectivity index (χ1v) is 12.0. The molecule has 2 heterocycles. The molecule has 4 nitrogen and oxygen atoms in total. The summed E-state index contributed by atoms with van der Waals surface area (Å²) < 4.78 is 5.26. The second kappa shape index (κ2) is 8.54. The van der Waals surface area contributed by atoms with E-state index in [0.717, 1.165) is 50.6 Å². The summed E-state index contributed by atoms with van der Waals surface area (Å²) in [5, 5.41) is 1.45. The number of nitrogens with zero attached hydrogens (tertiary/aromatic N) is 1. The van der Waals surface area contributed by atoms with Crippen LogP contribution in [0.1, 0.15) is 28.2 Å². The lowest BCUT2D eigenvalue weighted by atomic mass is 10.2. The molecule has 1 aliphatic carbocycles. The lowest BCUT2D eigenvalue weighted by Crippen LogP contribution is -2.11. The van der Waals surface area contributed by atoms with Crippen molar-refractivity contribution in [2.45, 2.75) is 24.2 Å². The number of fused-ring (bicyclic) bond motifs is 3. The molecule has 0 radical (unpaired) electrons. The molecule has 0 amide bonds. The molecule has 5 rings (SSSR count). The quantitative estimate of drug-likeness (QED) is 0.344. The summed E-state index contributed by atoms with van der Waals surface area (Å²) >= 11 is 9.25. The fourth-order valence-corrected chi connectivity index (χ4v) is 6.05. The third kappa shape index (κ3) is 4.15. The number of hydrogen-bond donors (Lipinski definition) is 1. The van der Waals surface area contributed by atoms with Gasteiger partial charge in [0.25, 0.3) is 5.56 Å². The van der Waals surface area contributed by atoms with Gasteiger partial charge in [-0.3, -0.25) is 4.79 Å². The van der Waals surface area contributed by atoms with Crippen molar-refractivity contribution in [3.63, 3.8) is 0 Å². The summed E-state index contributed by atoms with van der Waals surface area (Å²) in [4.78, 5) is 24.9. The largest absolute Gasteiger partial charge is 0.497 e. The lowest BCUT2D eigenvalue weighted by Gasteiger charge is -2.08. The second-order valence-electron chi connectivity index (χ2n) is 7.29. The summed E-state index contributed by atoms with van der Waals surface area (Å²) in [5.74, 6) is 1.37. The molecule has 0 bridgehead atoms. The molecule has 0 unspecified atom stereocenters. The molecule has 7 heteroatoms. The van der Waals surface area contributed by atoms with E-state index in [0.29, 0.717) is 10.8 Å². The van der Waals surface area contributed by atoms with E-state index in [9.17, 15) is 4.79 Å². The van der Waals surface area contributed by atoms with Crippen molar-refractivity contribution in [3.05, 3.63) is 85.7 Å². The van der Waals surface area contributed by atoms with Crippen molar-refractivity contribution in [2.75, 3.05) is 7.11 Å². The molecule has 0 saturated carbocycles. The van der Waals surface area contributed by atoms with Gasteiger partial charge < -0.3 is 9.72 Å². The van der Waals surface area contributed by atoms with Crippen molar-refractivity contribution in [3.8, 4) is 5.75 Å². The highest BCUT2D eigenvalue weighted by molar-refractivity contribution is 8.08. The minimum atomic E-state index is -0.0586. The Hall–Kier alpha value is -2.54. The van der Waals surface area contributed by atoms with E-state index in [4.69, 9.17) is 21.3 Å². The van der Waals surface area contributed by atoms with E-state index < -0.39 is 0 Å². The lowest BCUT2D eigenvalue weighted by molar-refractivity contribution is 0.415. The molecule has 1 aliphatic rings. The maximum Gasteiger partial charge on any atom is 0.260 e. The maximum atomic E-state index is 13.0. The van der Waals surface area contributed by atoms with E-state index >= 15 is 0 Å². The first-order chi connectivity index (χ1) is 15.1. The average Bonchev–Trinajstić information content (AvgIpc) is 3.36. The number of aryl methyl sites for hydroxylation is 2. The monoisotopic (exact) mass is 466 g/mol. The van der Waals surface area contributed by atoms with Crippen molar-refractivity contribution < 1.29 is 4.74 Å². The Morgan fingerprint density at radius 3 is 2.68 bits per heavy atom. The van der Waals surface area contributed by atoms with Gasteiger partial charge in [0.1, 0.15) is 16.4 Å². The highest BCUT2D eigenvalue weighted by Gasteiger charge is 2.22. The Kier molecular flexibility index (Phi) is 5.61. The third-order valence-electron chi connectivity index (χ3n) is 5.26. The first kappa shape index (κ1) is 20.4. The molecule has 156 valence electrons. The molecule has 0 aliphatic heterocycles. The number of aromatic amines is 1. The Balaban J connectivity index is 1.61. The number of nitrogens with one attached hydrogen (secondary N) is 1. The van der Waals surface area contributed by atoms with Gasteiger partial charge in [0.15, 0.2) is 0 Å². The van der Waals surface area contributed by atoms with E-state index in [1.807, 2.05) is 54.6 Å². The summed E-state index contributed by atoms with van der Waals surface area (Å²) in [6, 6.07) is 15.4. The van der Waals surface area contributed by atoms with Gasteiger partial charge in [-0.15, -0.1) is 11.3 Å². The van der Waals surface area contributed by atoms with Crippen LogP contribution < -0.4 is 10.3 Å². The van der Waals surface area contributed by atoms with Crippen LogP contribution in [0.25, 0.3) is 21.2 Å². The maximum absolute atomic E-state index is 13.0. The minimum absolute atomic E-state index is 0.0586. The van der Waals surface area contributed by atoms with Crippen LogP contribution in [0.15, 0.2) is 58.2 Å². The van der Waals surface area contributed by atoms with Crippen molar-refractivity contribution >= 4 is 55.9 Å². The van der Waals surface area contributed by atoms with Crippen LogP contribution in [-0.4, -0.2) is 17.1 Å². The van der Waals surface area contributed by atoms with Crippen LogP contribution in [0, 0.1) is 0 Å². The normalized spacial score (nSPS) is 13.5. The van der Waals surface area contributed by atoms with Gasteiger partial charge in [-0.2, -0.15) is 0 Å². The minimum Gasteiger partial charge on any atom is -0.497 e. The van der Waals surface area contributed by atoms with Crippen LogP contribution in [0.3, 0.4) is 0 Å². The number of rotatable bonds is 5. The summed E-state index contributed by atoms with van der Waals surface area (Å²) in [5.41, 5.74) is 2.12. The fraction of sp³-hybridized carbons (Fsp3) is 0.167. The molecule has 1 N–H and O–H groups in total. The Labute approximate surface area is 193 Å². The molecule has 0 fully saturated rings. The van der Waals surface area contributed by atoms with Gasteiger partial charge in [0.05, 0.1) is 17.4 Å². The first-order valence-electron chi connectivity index (χ1n) is 9.95. The smallest absolute Gasteiger partial charge is 0.260 e. The van der Waals surface area contributed by atoms with E-state index in [1.54, 1.807) is 30.2 Å². The highest BCUT2D eigenvalue weighted by atomic mass is 35.5. The SMILES string of the molecule is COc1ccc(/C=C(\Sc2ccc(Cl)cc2)c2nc3sc4c(c3c(=O)[nH]2)CCC4)cc1. The molecule has 0 saturated heterocycles. The summed E-state index contributed by atoms with van der Waals surface area (Å²) in [6.07, 6.45) is 5.16. The van der Waals surface area contributed by atoms with Gasteiger partial charge >= 0.3 is 0 Å². The van der Waals surface area contributed by atoms with Crippen molar-refractivity contribution in [1.29, 1.82) is 0 Å². The number of thioether (sulfide) groups is 1. The number of methoxy groups -OCH3 is 1. The number of aromatic nitrogens is 2. The van der Waals surface area contributed by atoms with Gasteiger partial charge in [0.2, 0.25) is 0 Å². The van der Waals surface area contributed by atoms with Gasteiger partial charge in [-0.1, -0.05) is 35.5 Å². The second-order valence-corrected chi connectivity index (χ2v) is 9.93. The number of ether oxygens (including phenoxy) is 1. The topological polar surface area (TPSA) is 55.0 Å². The molecule has 0 atom stereocenters. The van der Waals surface area contributed by atoms with Crippen molar-refractivity contribution in [1.82, 2.24) is 9.97 Å². The molecule has 2 aromatic carbocycles. The number of H-pyrrole nitrogens is 1. The summed E-state index contributed by atoms with van der Waals surface area (Å²) in [7, 11) is 1.65. The molecule has 2 aromatic heterocycles. The van der Waals surface area contributed by atoms with E-state index in [-0.39, 0.29) is 5.56 Å². The van der Waals surface area contributed by atoms with Gasteiger partial charge in [-0.25, -0.2) is 4.98 Å². The number of thiophene rings is 1. The molecule has 4 aromatic rings. The Morgan fingerprint density at radius 1 is 1.16 bits per heavy atom. The van der Waals surface area contributed by atoms with Crippen LogP contribution in [0.4, 0.5) is 0 Å². The van der Waals surface area contributed by atoms with Crippen molar-refractivity contribution in [2.24, 2.45) is 0 Å². The number of halogens is 1. The molecular weight excluding hydrogens is 448 g/mol. The summed E-state index contributed by atoms with van der Waals surface area (Å²) in [6.45, 7) is 0. The fourth-order valence-electron chi connectivity index (χ4n) is 3.75.